The summed E-state index contributed by atoms with van der Waals surface area (Å²) in [6, 6.07) is 3.86. The van der Waals surface area contributed by atoms with Gasteiger partial charge in [-0.15, -0.1) is 5.38 Å². The molecule has 0 saturated carbocycles. The Morgan fingerprint density at radius 3 is 2.00 bits per heavy atom. The molecule has 0 fully saturated rings. The van der Waals surface area contributed by atoms with Crippen molar-refractivity contribution in [1.82, 2.24) is 0 Å². The Hall–Kier alpha value is 1.08. The van der Waals surface area contributed by atoms with Crippen LogP contribution in [-0.4, -0.2) is 14.9 Å². The molecule has 0 bridgehead atoms. The van der Waals surface area contributed by atoms with Gasteiger partial charge < -0.3 is 34.5 Å². The molecule has 1 heterocycles. The fraction of sp³-hybridized carbons (Fsp3) is 0.600. The van der Waals surface area contributed by atoms with E-state index < -0.39 is 8.32 Å². The van der Waals surface area contributed by atoms with Crippen molar-refractivity contribution in [2.45, 2.75) is 51.7 Å². The Kier molecular flexibility index (Phi) is 31.5. The normalized spacial score (nSPS) is 9.27. The van der Waals surface area contributed by atoms with Gasteiger partial charge in [-0.1, -0.05) is 27.2 Å². The molecule has 0 saturated heterocycles. The number of nitrogens with zero attached hydrogens (tertiary/aromatic N) is 1. The molecular weight excluding hydrogens is 348 g/mol. The van der Waals surface area contributed by atoms with Gasteiger partial charge in [0.05, 0.1) is 0 Å². The van der Waals surface area contributed by atoms with Crippen molar-refractivity contribution in [3.05, 3.63) is 36.4 Å². The molecule has 1 aromatic heterocycles. The van der Waals surface area contributed by atoms with E-state index in [2.05, 4.69) is 46.2 Å². The summed E-state index contributed by atoms with van der Waals surface area (Å²) < 4.78 is 5.93. The van der Waals surface area contributed by atoms with Crippen LogP contribution in [0.15, 0.2) is 17.5 Å². The number of hydrogen-bond acceptors (Lipinski definition) is 3. The summed E-state index contributed by atoms with van der Waals surface area (Å²) in [4.78, 5) is 0. The summed E-state index contributed by atoms with van der Waals surface area (Å²) in [6.45, 7) is 20.8. The number of unbranched alkanes of at least 4 members (excludes halogenated alkanes) is 1. The van der Waals surface area contributed by atoms with Crippen molar-refractivity contribution < 1.29 is 59.2 Å². The van der Waals surface area contributed by atoms with E-state index >= 15 is 0 Å². The predicted molar refractivity (Wildman–Crippen MR) is 85.9 cm³/mol. The Balaban J connectivity index is -0.0000000818. The van der Waals surface area contributed by atoms with E-state index in [4.69, 9.17) is 16.3 Å². The van der Waals surface area contributed by atoms with Crippen LogP contribution in [0.5, 0.6) is 0 Å². The van der Waals surface area contributed by atoms with Crippen molar-refractivity contribution in [2.75, 3.05) is 6.61 Å². The van der Waals surface area contributed by atoms with E-state index in [1.54, 1.807) is 11.3 Å². The molecule has 0 amide bonds. The summed E-state index contributed by atoms with van der Waals surface area (Å²) in [5.41, 5.74) is 0. The molecule has 2 nitrogen and oxygen atoms in total. The second-order valence-corrected chi connectivity index (χ2v) is 11.1. The van der Waals surface area contributed by atoms with Crippen LogP contribution in [0.4, 0.5) is 0 Å². The molecule has 0 aliphatic carbocycles. The van der Waals surface area contributed by atoms with Gasteiger partial charge in [0.15, 0.2) is 8.32 Å². The molecule has 7 heteroatoms. The van der Waals surface area contributed by atoms with E-state index in [9.17, 15) is 0 Å². The SMILES string of the molecule is [C-]#N.[CH2-]CCCO[Si](C)(C)C(C)(C)C.[Cu+].[Li+].[Li+].[c-]1cccs1. The van der Waals surface area contributed by atoms with Crippen LogP contribution >= 0.6 is 11.3 Å². The Bertz CT molecular complexity index is 300. The monoisotopic (exact) mass is 373 g/mol. The number of thiophene rings is 1. The van der Waals surface area contributed by atoms with Crippen molar-refractivity contribution in [2.24, 2.45) is 0 Å². The van der Waals surface area contributed by atoms with Crippen molar-refractivity contribution in [3.63, 3.8) is 0 Å². The van der Waals surface area contributed by atoms with Gasteiger partial charge in [0, 0.05) is 6.61 Å². The summed E-state index contributed by atoms with van der Waals surface area (Å²) in [6.07, 6.45) is 2.07. The molecular formula is C15H26CuLi2NOSSi. The first-order valence-corrected chi connectivity index (χ1v) is 10.1. The van der Waals surface area contributed by atoms with E-state index in [0.717, 1.165) is 19.4 Å². The molecule has 120 valence electrons. The Labute approximate surface area is 177 Å². The molecule has 0 N–H and O–H groups in total. The standard InChI is InChI=1S/C10H23OSi.C4H3S.CN.Cu.2Li/c1-7-8-9-11-12(5,6)10(2,3)4;1-2-4-5-3-1;1-2;;;/h1,7-9H2,2-6H3;1-3H;;;;/q3*-1;3*+1. The second-order valence-electron chi connectivity index (χ2n) is 5.55. The molecule has 22 heavy (non-hydrogen) atoms. The molecule has 0 spiro atoms. The first kappa shape index (κ1) is 34.4. The molecule has 1 rings (SSSR count). The van der Waals surface area contributed by atoms with Crippen molar-refractivity contribution >= 4 is 19.7 Å². The summed E-state index contributed by atoms with van der Waals surface area (Å²) in [7, 11) is -1.47. The van der Waals surface area contributed by atoms with Gasteiger partial charge in [0.25, 0.3) is 0 Å². The second kappa shape index (κ2) is 20.1. The van der Waals surface area contributed by atoms with Crippen LogP contribution in [0.2, 0.25) is 18.1 Å². The molecule has 0 aliphatic rings. The average molecular weight is 374 g/mol. The minimum absolute atomic E-state index is 0. The van der Waals surface area contributed by atoms with Crippen LogP contribution in [-0.2, 0) is 21.5 Å². The largest absolute Gasteiger partial charge is 1.00 e. The first-order chi connectivity index (χ1) is 8.81. The summed E-state index contributed by atoms with van der Waals surface area (Å²) in [5, 5.41) is 11.5. The minimum atomic E-state index is -1.47. The third kappa shape index (κ3) is 19.1. The third-order valence-corrected chi connectivity index (χ3v) is 8.15. The zero-order valence-corrected chi connectivity index (χ0v) is 17.9. The minimum Gasteiger partial charge on any atom is -0.512 e. The van der Waals surface area contributed by atoms with Crippen LogP contribution in [0.1, 0.15) is 33.6 Å². The van der Waals surface area contributed by atoms with Gasteiger partial charge >= 0.3 is 54.8 Å². The number of rotatable bonds is 4. The topological polar surface area (TPSA) is 33.0 Å². The molecule has 0 atom stereocenters. The molecule has 0 aliphatic heterocycles. The van der Waals surface area contributed by atoms with Crippen LogP contribution < -0.4 is 37.7 Å². The third-order valence-electron chi connectivity index (χ3n) is 3.04. The summed E-state index contributed by atoms with van der Waals surface area (Å²) in [5.74, 6) is 0. The van der Waals surface area contributed by atoms with Crippen LogP contribution in [0, 0.1) is 24.1 Å². The molecule has 0 aromatic carbocycles. The van der Waals surface area contributed by atoms with E-state index in [-0.39, 0.29) is 54.8 Å². The van der Waals surface area contributed by atoms with Crippen molar-refractivity contribution in [3.8, 4) is 0 Å². The van der Waals surface area contributed by atoms with Gasteiger partial charge in [-0.2, -0.15) is 17.9 Å². The first-order valence-electron chi connectivity index (χ1n) is 6.36. The van der Waals surface area contributed by atoms with E-state index in [1.165, 1.54) is 0 Å². The Morgan fingerprint density at radius 1 is 1.27 bits per heavy atom. The average Bonchev–Trinajstić information content (AvgIpc) is 2.89. The summed E-state index contributed by atoms with van der Waals surface area (Å²) >= 11 is 1.59. The van der Waals surface area contributed by atoms with Crippen LogP contribution in [0.3, 0.4) is 0 Å². The molecule has 1 aromatic rings. The Morgan fingerprint density at radius 2 is 1.77 bits per heavy atom. The van der Waals surface area contributed by atoms with Crippen LogP contribution in [0.25, 0.3) is 0 Å². The fourth-order valence-corrected chi connectivity index (χ4v) is 2.32. The van der Waals surface area contributed by atoms with Gasteiger partial charge in [-0.25, -0.2) is 6.07 Å². The van der Waals surface area contributed by atoms with Crippen molar-refractivity contribution in [1.29, 1.82) is 5.26 Å². The van der Waals surface area contributed by atoms with E-state index in [1.807, 2.05) is 17.5 Å². The maximum Gasteiger partial charge on any atom is 1.00 e. The van der Waals surface area contributed by atoms with Gasteiger partial charge in [-0.3, -0.25) is 0 Å². The smallest absolute Gasteiger partial charge is 0.512 e. The number of hydrogen-bond donors (Lipinski definition) is 0. The van der Waals surface area contributed by atoms with Gasteiger partial charge in [0.2, 0.25) is 0 Å². The fourth-order valence-electron chi connectivity index (χ4n) is 0.842. The molecule has 0 radical (unpaired) electrons. The maximum absolute atomic E-state index is 6.25. The van der Waals surface area contributed by atoms with Gasteiger partial charge in [0.1, 0.15) is 0 Å². The predicted octanol–water partition coefficient (Wildman–Crippen LogP) is -0.727. The maximum atomic E-state index is 6.25. The molecule has 0 unspecified atom stereocenters. The van der Waals surface area contributed by atoms with E-state index in [0.29, 0.717) is 5.04 Å². The zero-order chi connectivity index (χ0) is 15.4. The van der Waals surface area contributed by atoms with Gasteiger partial charge in [-0.05, 0) is 18.1 Å². The zero-order valence-electron chi connectivity index (χ0n) is 15.1. The quantitative estimate of drug-likeness (QED) is 0.396.